The maximum Gasteiger partial charge on any atom is 0.129 e. The van der Waals surface area contributed by atoms with Crippen molar-refractivity contribution in [3.8, 4) is 34.5 Å². The Labute approximate surface area is 318 Å². The van der Waals surface area contributed by atoms with Crippen LogP contribution in [0.1, 0.15) is 63.0 Å². The van der Waals surface area contributed by atoms with Gasteiger partial charge in [0.1, 0.15) is 95.5 Å². The number of fused-ring (bicyclic) bond motifs is 1. The monoisotopic (exact) mass is 778 g/mol. The van der Waals surface area contributed by atoms with E-state index >= 15 is 0 Å². The molecule has 16 heteroatoms. The third-order valence-electron chi connectivity index (χ3n) is 11.0. The number of hydrogen-bond donors (Lipinski definition) is 14. The van der Waals surface area contributed by atoms with E-state index in [2.05, 4.69) is 0 Å². The zero-order valence-corrected chi connectivity index (χ0v) is 29.3. The first-order valence-corrected chi connectivity index (χ1v) is 17.7. The second-order valence-corrected chi connectivity index (χ2v) is 14.3. The number of phenolic OH excluding ortho intramolecular Hbond substituents is 6. The van der Waals surface area contributed by atoms with Gasteiger partial charge >= 0.3 is 0 Å². The number of aliphatic hydroxyl groups excluding tert-OH is 8. The van der Waals surface area contributed by atoms with E-state index in [0.29, 0.717) is 16.7 Å². The van der Waals surface area contributed by atoms with Crippen LogP contribution >= 0.6 is 0 Å². The summed E-state index contributed by atoms with van der Waals surface area (Å²) in [6.45, 7) is -1.56. The predicted octanol–water partition coefficient (Wildman–Crippen LogP) is 0.420. The molecular weight excluding hydrogens is 736 g/mol. The Balaban J connectivity index is 1.47. The summed E-state index contributed by atoms with van der Waals surface area (Å²) in [6.07, 6.45) is -15.3. The molecule has 0 radical (unpaired) electrons. The SMILES string of the molecule is OC[C@H]1O[C@H](c2c(O)cc([C@H]3c4c(cc(O)c([C@H]5O[C@H](CO)[C@@H](O)[C@H](O)[C@H]5O)c4O)C(=Cc4ccc(O)cc4)[C@@H]3c3ccc(O)cc3)cc2O)[C@H](O)[C@@H](O)[C@@H]1O. The third kappa shape index (κ3) is 6.58. The Kier molecular flexibility index (Phi) is 10.6. The van der Waals surface area contributed by atoms with Gasteiger partial charge < -0.3 is 81.0 Å². The van der Waals surface area contributed by atoms with Crippen LogP contribution in [0.2, 0.25) is 0 Å². The van der Waals surface area contributed by atoms with E-state index in [4.69, 9.17) is 9.47 Å². The maximum absolute atomic E-state index is 12.3. The Morgan fingerprint density at radius 2 is 0.946 bits per heavy atom. The molecule has 0 bridgehead atoms. The van der Waals surface area contributed by atoms with E-state index in [9.17, 15) is 71.5 Å². The van der Waals surface area contributed by atoms with Crippen LogP contribution in [-0.4, -0.2) is 134 Å². The standard InChI is InChI=1S/C40H42O16/c41-13-25-32(48)35(51)37(53)39(55-25)30-22(45)10-17(11-23(30)46)28-27(16-3-7-19(44)8-4-16)20(9-15-1-5-18(43)6-2-15)21-12-24(47)31(34(50)29(21)28)40-38(54)36(52)33(49)26(14-42)56-40/h1-12,25-28,32-33,35-54H,13-14H2/t25-,26-,27+,28-,32-,33-,35+,36+,37-,38-,39-,40-/m1/s1. The van der Waals surface area contributed by atoms with Crippen molar-refractivity contribution in [1.82, 2.24) is 0 Å². The lowest BCUT2D eigenvalue weighted by atomic mass is 9.78. The van der Waals surface area contributed by atoms with Gasteiger partial charge in [-0.05, 0) is 70.3 Å². The lowest BCUT2D eigenvalue weighted by Gasteiger charge is -2.40. The lowest BCUT2D eigenvalue weighted by Crippen LogP contribution is -2.55. The molecule has 298 valence electrons. The Hall–Kier alpha value is -4.98. The number of benzene rings is 4. The molecule has 3 aliphatic rings. The van der Waals surface area contributed by atoms with Crippen LogP contribution in [0.5, 0.6) is 34.5 Å². The molecular formula is C40H42O16. The topological polar surface area (TPSA) is 302 Å². The average molecular weight is 779 g/mol. The number of aliphatic hydroxyl groups is 8. The number of hydrogen-bond acceptors (Lipinski definition) is 16. The molecule has 2 heterocycles. The van der Waals surface area contributed by atoms with Crippen LogP contribution in [0.15, 0.2) is 66.7 Å². The summed E-state index contributed by atoms with van der Waals surface area (Å²) in [4.78, 5) is 0. The summed E-state index contributed by atoms with van der Waals surface area (Å²) in [5, 5.41) is 150. The van der Waals surface area contributed by atoms with Crippen LogP contribution in [0.4, 0.5) is 0 Å². The van der Waals surface area contributed by atoms with Gasteiger partial charge in [0, 0.05) is 17.4 Å². The Morgan fingerprint density at radius 3 is 1.45 bits per heavy atom. The molecule has 12 atom stereocenters. The van der Waals surface area contributed by atoms with E-state index in [1.807, 2.05) is 0 Å². The summed E-state index contributed by atoms with van der Waals surface area (Å²) >= 11 is 0. The molecule has 4 aromatic rings. The minimum atomic E-state index is -1.91. The van der Waals surface area contributed by atoms with Gasteiger partial charge in [0.2, 0.25) is 0 Å². The van der Waals surface area contributed by atoms with Crippen molar-refractivity contribution in [2.24, 2.45) is 0 Å². The molecule has 56 heavy (non-hydrogen) atoms. The maximum atomic E-state index is 12.3. The van der Waals surface area contributed by atoms with Crippen molar-refractivity contribution in [2.45, 2.75) is 72.9 Å². The summed E-state index contributed by atoms with van der Waals surface area (Å²) in [5.74, 6) is -4.60. The van der Waals surface area contributed by atoms with Crippen molar-refractivity contribution in [2.75, 3.05) is 13.2 Å². The summed E-state index contributed by atoms with van der Waals surface area (Å²) < 4.78 is 11.3. The first-order valence-electron chi connectivity index (χ1n) is 17.7. The molecule has 7 rings (SSSR count). The fraction of sp³-hybridized carbons (Fsp3) is 0.350. The van der Waals surface area contributed by atoms with Crippen LogP contribution in [-0.2, 0) is 9.47 Å². The summed E-state index contributed by atoms with van der Waals surface area (Å²) in [5.41, 5.74) is 1.17. The predicted molar refractivity (Wildman–Crippen MR) is 194 cm³/mol. The zero-order valence-electron chi connectivity index (χ0n) is 29.3. The lowest BCUT2D eigenvalue weighted by molar-refractivity contribution is -0.232. The Bertz CT molecular complexity index is 2080. The van der Waals surface area contributed by atoms with Gasteiger partial charge in [-0.2, -0.15) is 0 Å². The van der Waals surface area contributed by atoms with Crippen LogP contribution in [0, 0.1) is 0 Å². The molecule has 0 unspecified atom stereocenters. The van der Waals surface area contributed by atoms with Crippen LogP contribution in [0.3, 0.4) is 0 Å². The molecule has 0 spiro atoms. The highest BCUT2D eigenvalue weighted by Crippen LogP contribution is 2.61. The van der Waals surface area contributed by atoms with Crippen LogP contribution < -0.4 is 0 Å². The minimum Gasteiger partial charge on any atom is -0.508 e. The second-order valence-electron chi connectivity index (χ2n) is 14.3. The van der Waals surface area contributed by atoms with Crippen molar-refractivity contribution in [3.63, 3.8) is 0 Å². The number of phenols is 6. The van der Waals surface area contributed by atoms with Gasteiger partial charge in [-0.3, -0.25) is 0 Å². The zero-order chi connectivity index (χ0) is 40.3. The molecule has 0 aromatic heterocycles. The summed E-state index contributed by atoms with van der Waals surface area (Å²) in [6, 6.07) is 15.8. The van der Waals surface area contributed by atoms with E-state index in [1.54, 1.807) is 30.3 Å². The number of aromatic hydroxyl groups is 6. The molecule has 0 amide bonds. The van der Waals surface area contributed by atoms with Gasteiger partial charge in [0.25, 0.3) is 0 Å². The van der Waals surface area contributed by atoms with E-state index in [-0.39, 0.29) is 33.8 Å². The third-order valence-corrected chi connectivity index (χ3v) is 11.0. The number of rotatable bonds is 7. The van der Waals surface area contributed by atoms with E-state index in [1.165, 1.54) is 42.5 Å². The van der Waals surface area contributed by atoms with Crippen molar-refractivity contribution in [1.29, 1.82) is 0 Å². The minimum absolute atomic E-state index is 0.0168. The van der Waals surface area contributed by atoms with Gasteiger partial charge in [-0.15, -0.1) is 0 Å². The van der Waals surface area contributed by atoms with Crippen molar-refractivity contribution >= 4 is 11.6 Å². The molecule has 2 saturated heterocycles. The molecule has 2 aliphatic heterocycles. The molecule has 16 nitrogen and oxygen atoms in total. The summed E-state index contributed by atoms with van der Waals surface area (Å²) in [7, 11) is 0. The molecule has 2 fully saturated rings. The van der Waals surface area contributed by atoms with Gasteiger partial charge in [0.15, 0.2) is 0 Å². The quantitative estimate of drug-likeness (QED) is 0.121. The normalized spacial score (nSPS) is 32.4. The van der Waals surface area contributed by atoms with Gasteiger partial charge in [-0.25, -0.2) is 0 Å². The van der Waals surface area contributed by atoms with E-state index < -0.39 is 115 Å². The van der Waals surface area contributed by atoms with Crippen molar-refractivity contribution in [3.05, 3.63) is 106 Å². The highest BCUT2D eigenvalue weighted by molar-refractivity contribution is 5.93. The highest BCUT2D eigenvalue weighted by Gasteiger charge is 2.50. The van der Waals surface area contributed by atoms with Crippen molar-refractivity contribution < 1.29 is 81.0 Å². The second kappa shape index (κ2) is 15.2. The molecule has 1 aliphatic carbocycles. The highest BCUT2D eigenvalue weighted by atomic mass is 16.6. The largest absolute Gasteiger partial charge is 0.508 e. The average Bonchev–Trinajstić information content (AvgIpc) is 3.48. The molecule has 0 saturated carbocycles. The first-order chi connectivity index (χ1) is 26.7. The fourth-order valence-corrected chi connectivity index (χ4v) is 8.16. The van der Waals surface area contributed by atoms with Gasteiger partial charge in [-0.1, -0.05) is 30.3 Å². The van der Waals surface area contributed by atoms with Crippen LogP contribution in [0.25, 0.3) is 11.6 Å². The molecule has 4 aromatic carbocycles. The smallest absolute Gasteiger partial charge is 0.129 e. The molecule has 14 N–H and O–H groups in total. The number of ether oxygens (including phenoxy) is 2. The Morgan fingerprint density at radius 1 is 0.482 bits per heavy atom. The van der Waals surface area contributed by atoms with Gasteiger partial charge in [0.05, 0.1) is 24.3 Å². The fourth-order valence-electron chi connectivity index (χ4n) is 8.16. The first kappa shape index (κ1) is 39.3. The van der Waals surface area contributed by atoms with E-state index in [0.717, 1.165) is 0 Å². The number of allylic oxidation sites excluding steroid dienone is 1.